The van der Waals surface area contributed by atoms with Gasteiger partial charge in [-0.05, 0) is 48.8 Å². The number of hydrogen-bond donors (Lipinski definition) is 2. The highest BCUT2D eigenvalue weighted by Gasteiger charge is 2.49. The lowest BCUT2D eigenvalue weighted by Crippen LogP contribution is -2.42. The van der Waals surface area contributed by atoms with E-state index in [2.05, 4.69) is 53.2 Å². The van der Waals surface area contributed by atoms with Gasteiger partial charge in [-0.1, -0.05) is 44.2 Å². The Bertz CT molecular complexity index is 766. The van der Waals surface area contributed by atoms with Gasteiger partial charge in [0.15, 0.2) is 5.82 Å². The molecule has 0 bridgehead atoms. The highest BCUT2D eigenvalue weighted by Crippen LogP contribution is 2.48. The number of nitrogens with zero attached hydrogens (tertiary/aromatic N) is 3. The second kappa shape index (κ2) is 8.69. The summed E-state index contributed by atoms with van der Waals surface area (Å²) in [6, 6.07) is 14.4. The Morgan fingerprint density at radius 1 is 1.14 bits per heavy atom. The summed E-state index contributed by atoms with van der Waals surface area (Å²) in [6.45, 7) is 5.84. The summed E-state index contributed by atoms with van der Waals surface area (Å²) in [4.78, 5) is 10.7. The van der Waals surface area contributed by atoms with Crippen molar-refractivity contribution in [3.05, 3.63) is 53.7 Å². The fraction of sp³-hybridized carbons (Fsp3) is 0.500. The van der Waals surface area contributed by atoms with E-state index in [4.69, 9.17) is 9.90 Å². The molecule has 1 saturated carbocycles. The smallest absolute Gasteiger partial charge is 0.290 e. The molecule has 0 spiro atoms. The molecular formula is C22H29N3O3. The maximum absolute atomic E-state index is 11.5. The fourth-order valence-electron chi connectivity index (χ4n) is 4.61. The summed E-state index contributed by atoms with van der Waals surface area (Å²) in [5, 5.41) is 27.3. The number of benzene rings is 1. The standard InChI is InChI=1S/C21H27N3O.CH2O2/c1-15(2)19-10-11-20(23-22-19)24-13-16-7-6-12-21(25,18(16)14-24)17-8-4-3-5-9-17;2-1-3/h3-5,8-11,15-16,18,25H,6-7,12-14H2,1-2H3;1H,(H,2,3)/t16-,18+,21+;/m0./s1. The number of aromatic nitrogens is 2. The van der Waals surface area contributed by atoms with Crippen molar-refractivity contribution in [1.82, 2.24) is 10.2 Å². The summed E-state index contributed by atoms with van der Waals surface area (Å²) < 4.78 is 0. The number of anilines is 1. The van der Waals surface area contributed by atoms with Gasteiger partial charge in [0.05, 0.1) is 11.3 Å². The predicted octanol–water partition coefficient (Wildman–Crippen LogP) is 3.42. The largest absolute Gasteiger partial charge is 0.483 e. The molecule has 2 fully saturated rings. The van der Waals surface area contributed by atoms with E-state index in [1.54, 1.807) is 0 Å². The molecule has 3 atom stereocenters. The van der Waals surface area contributed by atoms with E-state index in [1.807, 2.05) is 18.2 Å². The molecule has 1 aromatic heterocycles. The number of fused-ring (bicyclic) bond motifs is 1. The van der Waals surface area contributed by atoms with Crippen molar-refractivity contribution < 1.29 is 15.0 Å². The zero-order valence-electron chi connectivity index (χ0n) is 16.5. The molecule has 28 heavy (non-hydrogen) atoms. The van der Waals surface area contributed by atoms with Crippen molar-refractivity contribution in [3.63, 3.8) is 0 Å². The summed E-state index contributed by atoms with van der Waals surface area (Å²) >= 11 is 0. The van der Waals surface area contributed by atoms with Gasteiger partial charge >= 0.3 is 0 Å². The highest BCUT2D eigenvalue weighted by atomic mass is 16.3. The van der Waals surface area contributed by atoms with Gasteiger partial charge in [0.1, 0.15) is 0 Å². The van der Waals surface area contributed by atoms with Crippen LogP contribution in [0.1, 0.15) is 50.3 Å². The fourth-order valence-corrected chi connectivity index (χ4v) is 4.61. The molecule has 1 aliphatic carbocycles. The minimum Gasteiger partial charge on any atom is -0.483 e. The third-order valence-corrected chi connectivity index (χ3v) is 6.05. The Morgan fingerprint density at radius 2 is 1.86 bits per heavy atom. The van der Waals surface area contributed by atoms with Crippen LogP contribution >= 0.6 is 0 Å². The molecule has 0 radical (unpaired) electrons. The van der Waals surface area contributed by atoms with Gasteiger partial charge in [-0.25, -0.2) is 0 Å². The third-order valence-electron chi connectivity index (χ3n) is 6.05. The summed E-state index contributed by atoms with van der Waals surface area (Å²) in [7, 11) is 0. The molecule has 1 aliphatic heterocycles. The molecule has 6 nitrogen and oxygen atoms in total. The van der Waals surface area contributed by atoms with Crippen LogP contribution in [0.5, 0.6) is 0 Å². The van der Waals surface area contributed by atoms with Crippen LogP contribution < -0.4 is 4.90 Å². The van der Waals surface area contributed by atoms with Crippen molar-refractivity contribution in [2.75, 3.05) is 18.0 Å². The van der Waals surface area contributed by atoms with Crippen LogP contribution in [-0.2, 0) is 10.4 Å². The monoisotopic (exact) mass is 383 g/mol. The summed E-state index contributed by atoms with van der Waals surface area (Å²) in [5.74, 6) is 2.11. The first-order valence-corrected chi connectivity index (χ1v) is 9.94. The Morgan fingerprint density at radius 3 is 2.46 bits per heavy atom. The van der Waals surface area contributed by atoms with Crippen LogP contribution in [0.3, 0.4) is 0 Å². The quantitative estimate of drug-likeness (QED) is 0.790. The predicted molar refractivity (Wildman–Crippen MR) is 108 cm³/mol. The first kappa shape index (κ1) is 20.3. The molecule has 0 unspecified atom stereocenters. The minimum atomic E-state index is -0.718. The number of rotatable bonds is 3. The van der Waals surface area contributed by atoms with E-state index < -0.39 is 5.60 Å². The van der Waals surface area contributed by atoms with Gasteiger partial charge in [0, 0.05) is 19.0 Å². The molecule has 2 N–H and O–H groups in total. The Kier molecular flexibility index (Phi) is 6.29. The molecule has 2 aliphatic rings. The van der Waals surface area contributed by atoms with Crippen LogP contribution in [0.15, 0.2) is 42.5 Å². The van der Waals surface area contributed by atoms with E-state index in [0.29, 0.717) is 11.8 Å². The maximum atomic E-state index is 11.5. The van der Waals surface area contributed by atoms with Crippen LogP contribution in [0.4, 0.5) is 5.82 Å². The lowest BCUT2D eigenvalue weighted by atomic mass is 9.67. The first-order valence-electron chi connectivity index (χ1n) is 9.94. The van der Waals surface area contributed by atoms with E-state index >= 15 is 0 Å². The molecule has 1 aromatic carbocycles. The minimum absolute atomic E-state index is 0.250. The van der Waals surface area contributed by atoms with Crippen LogP contribution in [0.2, 0.25) is 0 Å². The van der Waals surface area contributed by atoms with E-state index in [9.17, 15) is 5.11 Å². The normalized spacial score (nSPS) is 26.4. The molecular weight excluding hydrogens is 354 g/mol. The maximum Gasteiger partial charge on any atom is 0.290 e. The summed E-state index contributed by atoms with van der Waals surface area (Å²) in [5.41, 5.74) is 1.37. The van der Waals surface area contributed by atoms with Crippen molar-refractivity contribution >= 4 is 12.3 Å². The van der Waals surface area contributed by atoms with Crippen LogP contribution in [-0.4, -0.2) is 40.0 Å². The highest BCUT2D eigenvalue weighted by molar-refractivity contribution is 5.41. The van der Waals surface area contributed by atoms with Crippen molar-refractivity contribution in [3.8, 4) is 0 Å². The second-order valence-electron chi connectivity index (χ2n) is 8.03. The SMILES string of the molecule is CC(C)c1ccc(N2C[C@@H]3CCC[C@@](O)(c4ccccc4)[C@@H]3C2)nn1.O=CO. The third kappa shape index (κ3) is 4.02. The molecule has 0 amide bonds. The van der Waals surface area contributed by atoms with Crippen molar-refractivity contribution in [2.45, 2.75) is 44.6 Å². The van der Waals surface area contributed by atoms with E-state index in [-0.39, 0.29) is 12.4 Å². The topological polar surface area (TPSA) is 86.5 Å². The average molecular weight is 383 g/mol. The molecule has 4 rings (SSSR count). The zero-order valence-corrected chi connectivity index (χ0v) is 16.5. The number of carbonyl (C=O) groups is 1. The molecule has 1 saturated heterocycles. The van der Waals surface area contributed by atoms with Gasteiger partial charge in [-0.3, -0.25) is 4.79 Å². The van der Waals surface area contributed by atoms with Crippen molar-refractivity contribution in [1.29, 1.82) is 0 Å². The number of hydrogen-bond acceptors (Lipinski definition) is 5. The molecule has 2 heterocycles. The number of carboxylic acid groups (broad SMARTS) is 1. The molecule has 2 aromatic rings. The first-order chi connectivity index (χ1) is 13.5. The molecule has 6 heteroatoms. The van der Waals surface area contributed by atoms with Crippen LogP contribution in [0, 0.1) is 11.8 Å². The van der Waals surface area contributed by atoms with Gasteiger partial charge in [-0.2, -0.15) is 5.10 Å². The Labute approximate surface area is 166 Å². The Hall–Kier alpha value is -2.47. The van der Waals surface area contributed by atoms with Gasteiger partial charge < -0.3 is 15.1 Å². The van der Waals surface area contributed by atoms with Crippen molar-refractivity contribution in [2.24, 2.45) is 11.8 Å². The average Bonchev–Trinajstić information content (AvgIpc) is 3.15. The molecule has 150 valence electrons. The van der Waals surface area contributed by atoms with E-state index in [1.165, 1.54) is 6.42 Å². The second-order valence-corrected chi connectivity index (χ2v) is 8.03. The summed E-state index contributed by atoms with van der Waals surface area (Å²) in [6.07, 6.45) is 3.12. The number of aliphatic hydroxyl groups is 1. The van der Waals surface area contributed by atoms with Crippen LogP contribution in [0.25, 0.3) is 0 Å². The van der Waals surface area contributed by atoms with Gasteiger partial charge in [0.25, 0.3) is 6.47 Å². The van der Waals surface area contributed by atoms with Gasteiger partial charge in [0.2, 0.25) is 0 Å². The lowest BCUT2D eigenvalue weighted by Gasteiger charge is -2.41. The zero-order chi connectivity index (χ0) is 20.1. The lowest BCUT2D eigenvalue weighted by molar-refractivity contribution is -0.122. The van der Waals surface area contributed by atoms with Gasteiger partial charge in [-0.15, -0.1) is 5.10 Å². The van der Waals surface area contributed by atoms with E-state index in [0.717, 1.165) is 43.0 Å². The Balaban J connectivity index is 0.000000706.